The van der Waals surface area contributed by atoms with Gasteiger partial charge in [-0.15, -0.1) is 0 Å². The molecular weight excluding hydrogens is 368 g/mol. The first-order chi connectivity index (χ1) is 14.1. The molecule has 1 heterocycles. The molecule has 0 bridgehead atoms. The lowest BCUT2D eigenvalue weighted by Crippen LogP contribution is -2.40. The number of benzene rings is 1. The fourth-order valence-electron chi connectivity index (χ4n) is 3.24. The van der Waals surface area contributed by atoms with Crippen LogP contribution in [0.2, 0.25) is 0 Å². The summed E-state index contributed by atoms with van der Waals surface area (Å²) in [6.45, 7) is 7.88. The van der Waals surface area contributed by atoms with E-state index in [0.717, 1.165) is 69.3 Å². The Balaban J connectivity index is 1.73. The summed E-state index contributed by atoms with van der Waals surface area (Å²) < 4.78 is 11.1. The average Bonchev–Trinajstić information content (AvgIpc) is 2.94. The average molecular weight is 405 g/mol. The highest BCUT2D eigenvalue weighted by molar-refractivity contribution is 5.79. The van der Waals surface area contributed by atoms with Crippen molar-refractivity contribution in [3.05, 3.63) is 24.3 Å². The maximum absolute atomic E-state index is 12.1. The minimum atomic E-state index is -0.0476. The van der Waals surface area contributed by atoms with Crippen LogP contribution in [0.25, 0.3) is 0 Å². The Morgan fingerprint density at radius 3 is 2.66 bits per heavy atom. The predicted molar refractivity (Wildman–Crippen MR) is 117 cm³/mol. The van der Waals surface area contributed by atoms with Crippen molar-refractivity contribution in [2.24, 2.45) is 4.99 Å². The summed E-state index contributed by atoms with van der Waals surface area (Å²) in [5, 5.41) is 6.61. The first kappa shape index (κ1) is 22.8. The number of guanidine groups is 1. The number of rotatable bonds is 10. The number of hydrogen-bond donors (Lipinski definition) is 2. The summed E-state index contributed by atoms with van der Waals surface area (Å²) in [6, 6.07) is 7.55. The van der Waals surface area contributed by atoms with Gasteiger partial charge in [-0.2, -0.15) is 0 Å². The number of carbonyl (C=O) groups is 1. The number of ether oxygens (including phenoxy) is 2. The van der Waals surface area contributed by atoms with Gasteiger partial charge in [0.15, 0.2) is 5.96 Å². The van der Waals surface area contributed by atoms with Gasteiger partial charge in [-0.05, 0) is 57.4 Å². The van der Waals surface area contributed by atoms with Gasteiger partial charge in [-0.3, -0.25) is 4.79 Å². The van der Waals surface area contributed by atoms with Crippen LogP contribution >= 0.6 is 0 Å². The van der Waals surface area contributed by atoms with E-state index in [1.54, 1.807) is 7.11 Å². The summed E-state index contributed by atoms with van der Waals surface area (Å²) in [5.74, 6) is 2.68. The van der Waals surface area contributed by atoms with Gasteiger partial charge in [0.2, 0.25) is 5.91 Å². The molecule has 1 aliphatic rings. The van der Waals surface area contributed by atoms with Crippen molar-refractivity contribution < 1.29 is 14.3 Å². The number of aliphatic imine (C=N–C) groups is 1. The first-order valence-electron chi connectivity index (χ1n) is 10.7. The smallest absolute Gasteiger partial charge is 0.222 e. The Morgan fingerprint density at radius 1 is 1.17 bits per heavy atom. The highest BCUT2D eigenvalue weighted by Crippen LogP contribution is 2.18. The third-order valence-electron chi connectivity index (χ3n) is 4.82. The Bertz CT molecular complexity index is 633. The summed E-state index contributed by atoms with van der Waals surface area (Å²) in [7, 11) is 1.65. The molecule has 1 aromatic carbocycles. The van der Waals surface area contributed by atoms with Gasteiger partial charge in [-0.25, -0.2) is 4.99 Å². The van der Waals surface area contributed by atoms with E-state index in [2.05, 4.69) is 15.6 Å². The van der Waals surface area contributed by atoms with E-state index in [0.29, 0.717) is 18.9 Å². The third-order valence-corrected chi connectivity index (χ3v) is 4.82. The molecule has 0 saturated carbocycles. The molecule has 162 valence electrons. The molecule has 1 fully saturated rings. The van der Waals surface area contributed by atoms with Crippen LogP contribution in [0.5, 0.6) is 11.5 Å². The van der Waals surface area contributed by atoms with E-state index < -0.39 is 0 Å². The summed E-state index contributed by atoms with van der Waals surface area (Å²) in [6.07, 6.45) is 4.87. The van der Waals surface area contributed by atoms with Crippen LogP contribution in [-0.2, 0) is 4.79 Å². The Morgan fingerprint density at radius 2 is 1.93 bits per heavy atom. The lowest BCUT2D eigenvalue weighted by molar-refractivity contribution is -0.130. The Labute approximate surface area is 174 Å². The lowest BCUT2D eigenvalue weighted by Gasteiger charge is -2.21. The van der Waals surface area contributed by atoms with Crippen LogP contribution in [-0.4, -0.2) is 62.7 Å². The minimum absolute atomic E-state index is 0.0476. The summed E-state index contributed by atoms with van der Waals surface area (Å²) in [4.78, 5) is 18.7. The van der Waals surface area contributed by atoms with Crippen LogP contribution in [0.3, 0.4) is 0 Å². The fraction of sp³-hybridized carbons (Fsp3) is 0.636. The molecule has 7 heteroatoms. The van der Waals surface area contributed by atoms with Crippen molar-refractivity contribution in [1.29, 1.82) is 0 Å². The van der Waals surface area contributed by atoms with E-state index in [1.165, 1.54) is 0 Å². The van der Waals surface area contributed by atoms with Crippen molar-refractivity contribution in [3.8, 4) is 11.5 Å². The van der Waals surface area contributed by atoms with Crippen molar-refractivity contribution in [1.82, 2.24) is 15.5 Å². The van der Waals surface area contributed by atoms with Crippen molar-refractivity contribution in [2.75, 3.05) is 39.8 Å². The number of likely N-dealkylation sites (tertiary alicyclic amines) is 1. The molecule has 2 rings (SSSR count). The molecule has 1 amide bonds. The van der Waals surface area contributed by atoms with Gasteiger partial charge in [-0.1, -0.05) is 6.42 Å². The Hall–Kier alpha value is -2.44. The second-order valence-electron chi connectivity index (χ2n) is 7.30. The molecule has 29 heavy (non-hydrogen) atoms. The number of hydrogen-bond acceptors (Lipinski definition) is 4. The lowest BCUT2D eigenvalue weighted by atomic mass is 10.2. The molecule has 7 nitrogen and oxygen atoms in total. The molecule has 1 aromatic rings. The zero-order valence-electron chi connectivity index (χ0n) is 18.1. The number of amides is 1. The molecule has 1 saturated heterocycles. The van der Waals surface area contributed by atoms with Gasteiger partial charge < -0.3 is 25.0 Å². The van der Waals surface area contributed by atoms with Gasteiger partial charge >= 0.3 is 0 Å². The maximum atomic E-state index is 12.1. The maximum Gasteiger partial charge on any atom is 0.222 e. The molecule has 2 N–H and O–H groups in total. The van der Waals surface area contributed by atoms with Crippen molar-refractivity contribution in [3.63, 3.8) is 0 Å². The predicted octanol–water partition coefficient (Wildman–Crippen LogP) is 2.81. The van der Waals surface area contributed by atoms with Crippen LogP contribution < -0.4 is 20.1 Å². The van der Waals surface area contributed by atoms with E-state index in [9.17, 15) is 4.79 Å². The third kappa shape index (κ3) is 8.62. The normalized spacial score (nSPS) is 16.2. The standard InChI is InChI=1S/C22H36N4O3/c1-4-23-22(24-14-8-16-26-15-7-5-6-9-21(26)27)25-17-18(2)29-20-12-10-19(28-3)11-13-20/h10-13,18H,4-9,14-17H2,1-3H3,(H2,23,24,25). The molecule has 1 unspecified atom stereocenters. The summed E-state index contributed by atoms with van der Waals surface area (Å²) >= 11 is 0. The second-order valence-corrected chi connectivity index (χ2v) is 7.30. The molecule has 1 atom stereocenters. The second kappa shape index (κ2) is 12.9. The molecule has 0 aromatic heterocycles. The first-order valence-corrected chi connectivity index (χ1v) is 10.7. The molecule has 1 aliphatic heterocycles. The van der Waals surface area contributed by atoms with E-state index >= 15 is 0 Å². The van der Waals surface area contributed by atoms with E-state index in [4.69, 9.17) is 9.47 Å². The summed E-state index contributed by atoms with van der Waals surface area (Å²) in [5.41, 5.74) is 0. The minimum Gasteiger partial charge on any atom is -0.497 e. The van der Waals surface area contributed by atoms with Crippen LogP contribution in [0.1, 0.15) is 46.0 Å². The SMILES string of the molecule is CCNC(=NCC(C)Oc1ccc(OC)cc1)NCCCN1CCCCCC1=O. The van der Waals surface area contributed by atoms with Crippen molar-refractivity contribution >= 4 is 11.9 Å². The van der Waals surface area contributed by atoms with Crippen LogP contribution in [0.15, 0.2) is 29.3 Å². The van der Waals surface area contributed by atoms with Crippen LogP contribution in [0.4, 0.5) is 0 Å². The fourth-order valence-corrected chi connectivity index (χ4v) is 3.24. The molecular formula is C22H36N4O3. The monoisotopic (exact) mass is 404 g/mol. The van der Waals surface area contributed by atoms with E-state index in [1.807, 2.05) is 43.0 Å². The molecule has 0 aliphatic carbocycles. The number of nitrogens with zero attached hydrogens (tertiary/aromatic N) is 2. The van der Waals surface area contributed by atoms with Gasteiger partial charge in [0, 0.05) is 32.6 Å². The van der Waals surface area contributed by atoms with E-state index in [-0.39, 0.29) is 6.10 Å². The number of carbonyl (C=O) groups excluding carboxylic acids is 1. The Kier molecular flexibility index (Phi) is 10.2. The number of methoxy groups -OCH3 is 1. The van der Waals surface area contributed by atoms with Gasteiger partial charge in [0.25, 0.3) is 0 Å². The van der Waals surface area contributed by atoms with Gasteiger partial charge in [0.1, 0.15) is 17.6 Å². The largest absolute Gasteiger partial charge is 0.497 e. The zero-order valence-corrected chi connectivity index (χ0v) is 18.1. The molecule has 0 spiro atoms. The quantitative estimate of drug-likeness (QED) is 0.356. The van der Waals surface area contributed by atoms with Crippen LogP contribution in [0, 0.1) is 0 Å². The van der Waals surface area contributed by atoms with Crippen molar-refractivity contribution in [2.45, 2.75) is 52.1 Å². The molecule has 0 radical (unpaired) electrons. The topological polar surface area (TPSA) is 75.2 Å². The van der Waals surface area contributed by atoms with Gasteiger partial charge in [0.05, 0.1) is 13.7 Å². The highest BCUT2D eigenvalue weighted by Gasteiger charge is 2.15. The zero-order chi connectivity index (χ0) is 20.9. The number of nitrogens with one attached hydrogen (secondary N) is 2. The highest BCUT2D eigenvalue weighted by atomic mass is 16.5.